The van der Waals surface area contributed by atoms with E-state index in [1.54, 1.807) is 12.1 Å². The standard InChI is InChI=1S/C28H38N4O9/c1-20(31-27(37)41-19-23(34)16-33)30-25(35)24(32-28(38)40-18-22-12-6-3-7-13-22)14-8-9-15-29-26(36)39-17-21-10-4-2-5-11-21/h2-7,10-13,20,23-24,33-34H,8-9,14-19H2,1H3,(H,29,36)(H,30,35)(H,31,37)(H,32,38)/t20?,23-,24+/m1/s1. The Balaban J connectivity index is 1.81. The lowest BCUT2D eigenvalue weighted by molar-refractivity contribution is -0.124. The van der Waals surface area contributed by atoms with E-state index in [1.807, 2.05) is 48.5 Å². The molecule has 0 aliphatic rings. The van der Waals surface area contributed by atoms with E-state index in [4.69, 9.17) is 19.3 Å². The molecule has 2 aromatic carbocycles. The zero-order chi connectivity index (χ0) is 29.9. The smallest absolute Gasteiger partial charge is 0.408 e. The molecule has 0 bridgehead atoms. The molecule has 0 saturated heterocycles. The van der Waals surface area contributed by atoms with Crippen molar-refractivity contribution < 1.29 is 43.6 Å². The first-order valence-electron chi connectivity index (χ1n) is 13.2. The number of hydrogen-bond acceptors (Lipinski definition) is 9. The van der Waals surface area contributed by atoms with E-state index in [0.717, 1.165) is 11.1 Å². The van der Waals surface area contributed by atoms with Crippen LogP contribution in [0.5, 0.6) is 0 Å². The topological polar surface area (TPSA) is 185 Å². The van der Waals surface area contributed by atoms with E-state index in [1.165, 1.54) is 6.92 Å². The number of carbonyl (C=O) groups is 4. The van der Waals surface area contributed by atoms with Crippen molar-refractivity contribution in [3.8, 4) is 0 Å². The number of unbranched alkanes of at least 4 members (excludes halogenated alkanes) is 1. The minimum absolute atomic E-state index is 0.0134. The number of aliphatic hydroxyl groups excluding tert-OH is 2. The van der Waals surface area contributed by atoms with E-state index in [2.05, 4.69) is 21.3 Å². The third kappa shape index (κ3) is 14.6. The van der Waals surface area contributed by atoms with Gasteiger partial charge in [0.2, 0.25) is 5.91 Å². The minimum Gasteiger partial charge on any atom is -0.447 e. The maximum absolute atomic E-state index is 12.9. The lowest BCUT2D eigenvalue weighted by Crippen LogP contribution is -2.53. The number of amides is 4. The molecular formula is C28H38N4O9. The number of aliphatic hydroxyl groups is 2. The summed E-state index contributed by atoms with van der Waals surface area (Å²) < 4.78 is 15.1. The van der Waals surface area contributed by atoms with Crippen LogP contribution in [-0.4, -0.2) is 72.5 Å². The van der Waals surface area contributed by atoms with Gasteiger partial charge in [-0.1, -0.05) is 60.7 Å². The number of carbonyl (C=O) groups excluding carboxylic acids is 4. The summed E-state index contributed by atoms with van der Waals surface area (Å²) in [7, 11) is 0. The van der Waals surface area contributed by atoms with Crippen LogP contribution in [0.2, 0.25) is 0 Å². The maximum Gasteiger partial charge on any atom is 0.408 e. The molecule has 0 aromatic heterocycles. The van der Waals surface area contributed by atoms with E-state index in [9.17, 15) is 24.3 Å². The highest BCUT2D eigenvalue weighted by molar-refractivity contribution is 5.86. The van der Waals surface area contributed by atoms with Crippen LogP contribution in [0.4, 0.5) is 14.4 Å². The van der Waals surface area contributed by atoms with Gasteiger partial charge in [0.05, 0.1) is 6.61 Å². The van der Waals surface area contributed by atoms with Crippen molar-refractivity contribution >= 4 is 24.2 Å². The van der Waals surface area contributed by atoms with Crippen LogP contribution in [0, 0.1) is 0 Å². The molecular weight excluding hydrogens is 536 g/mol. The van der Waals surface area contributed by atoms with Crippen LogP contribution in [-0.2, 0) is 32.2 Å². The van der Waals surface area contributed by atoms with E-state index >= 15 is 0 Å². The van der Waals surface area contributed by atoms with Gasteiger partial charge in [0.15, 0.2) is 0 Å². The molecule has 0 saturated carbocycles. The summed E-state index contributed by atoms with van der Waals surface area (Å²) in [5, 5.41) is 28.2. The van der Waals surface area contributed by atoms with Crippen LogP contribution in [0.15, 0.2) is 60.7 Å². The molecule has 6 N–H and O–H groups in total. The average Bonchev–Trinajstić information content (AvgIpc) is 2.97. The second kappa shape index (κ2) is 18.8. The van der Waals surface area contributed by atoms with Crippen molar-refractivity contribution in [1.82, 2.24) is 21.3 Å². The first-order valence-corrected chi connectivity index (χ1v) is 13.2. The Morgan fingerprint density at radius 2 is 1.32 bits per heavy atom. The predicted octanol–water partition coefficient (Wildman–Crippen LogP) is 1.92. The molecule has 3 atom stereocenters. The number of rotatable bonds is 16. The number of ether oxygens (including phenoxy) is 3. The molecule has 0 spiro atoms. The van der Waals surface area contributed by atoms with Crippen LogP contribution < -0.4 is 21.3 Å². The second-order valence-corrected chi connectivity index (χ2v) is 9.05. The van der Waals surface area contributed by atoms with Crippen LogP contribution in [0.25, 0.3) is 0 Å². The summed E-state index contributed by atoms with van der Waals surface area (Å²) >= 11 is 0. The van der Waals surface area contributed by atoms with Gasteiger partial charge in [-0.05, 0) is 37.3 Å². The van der Waals surface area contributed by atoms with Gasteiger partial charge in [-0.3, -0.25) is 4.79 Å². The third-order valence-corrected chi connectivity index (χ3v) is 5.53. The Kier molecular flexibility index (Phi) is 15.1. The van der Waals surface area contributed by atoms with E-state index in [0.29, 0.717) is 19.4 Å². The van der Waals surface area contributed by atoms with Crippen molar-refractivity contribution in [2.24, 2.45) is 0 Å². The number of hydrogen-bond donors (Lipinski definition) is 6. The van der Waals surface area contributed by atoms with E-state index in [-0.39, 0.29) is 19.6 Å². The molecule has 13 heteroatoms. The fourth-order valence-corrected chi connectivity index (χ4v) is 3.41. The highest BCUT2D eigenvalue weighted by Gasteiger charge is 2.23. The molecule has 0 heterocycles. The lowest BCUT2D eigenvalue weighted by atomic mass is 10.1. The molecule has 2 rings (SSSR count). The number of alkyl carbamates (subject to hydrolysis) is 3. The molecule has 2 aromatic rings. The fraction of sp³-hybridized carbons (Fsp3) is 0.429. The van der Waals surface area contributed by atoms with Gasteiger partial charge < -0.3 is 45.7 Å². The quantitative estimate of drug-likeness (QED) is 0.0990. The van der Waals surface area contributed by atoms with Gasteiger partial charge in [-0.15, -0.1) is 0 Å². The number of benzene rings is 2. The van der Waals surface area contributed by atoms with Crippen molar-refractivity contribution in [3.05, 3.63) is 71.8 Å². The largest absolute Gasteiger partial charge is 0.447 e. The Morgan fingerprint density at radius 1 is 0.756 bits per heavy atom. The SMILES string of the molecule is CC(NC(=O)OC[C@H](O)CO)NC(=O)[C@H](CCCCNC(=O)OCc1ccccc1)NC(=O)OCc1ccccc1. The third-order valence-electron chi connectivity index (χ3n) is 5.53. The summed E-state index contributed by atoms with van der Waals surface area (Å²) in [4.78, 5) is 49.1. The fourth-order valence-electron chi connectivity index (χ4n) is 3.41. The Bertz CT molecular complexity index is 1070. The van der Waals surface area contributed by atoms with Crippen LogP contribution in [0.3, 0.4) is 0 Å². The van der Waals surface area contributed by atoms with Gasteiger partial charge in [-0.2, -0.15) is 0 Å². The predicted molar refractivity (Wildman–Crippen MR) is 147 cm³/mol. The molecule has 0 radical (unpaired) electrons. The molecule has 0 aliphatic heterocycles. The monoisotopic (exact) mass is 574 g/mol. The normalized spacial score (nSPS) is 12.7. The lowest BCUT2D eigenvalue weighted by Gasteiger charge is -2.22. The van der Waals surface area contributed by atoms with Gasteiger partial charge in [0.25, 0.3) is 0 Å². The van der Waals surface area contributed by atoms with E-state index < -0.39 is 55.7 Å². The summed E-state index contributed by atoms with van der Waals surface area (Å²) in [6, 6.07) is 17.3. The molecule has 0 aliphatic carbocycles. The van der Waals surface area contributed by atoms with Gasteiger partial charge in [-0.25, -0.2) is 14.4 Å². The highest BCUT2D eigenvalue weighted by atomic mass is 16.6. The summed E-state index contributed by atoms with van der Waals surface area (Å²) in [5.74, 6) is -0.583. The molecule has 0 fully saturated rings. The first-order chi connectivity index (χ1) is 19.8. The summed E-state index contributed by atoms with van der Waals surface area (Å²) in [6.07, 6.45) is -3.21. The van der Waals surface area contributed by atoms with Crippen molar-refractivity contribution in [2.75, 3.05) is 19.8 Å². The summed E-state index contributed by atoms with van der Waals surface area (Å²) in [6.45, 7) is 0.943. The van der Waals surface area contributed by atoms with Crippen LogP contribution >= 0.6 is 0 Å². The minimum atomic E-state index is -1.22. The van der Waals surface area contributed by atoms with Gasteiger partial charge in [0.1, 0.15) is 38.1 Å². The Labute approximate surface area is 238 Å². The zero-order valence-corrected chi connectivity index (χ0v) is 22.9. The number of nitrogens with one attached hydrogen (secondary N) is 4. The van der Waals surface area contributed by atoms with Gasteiger partial charge >= 0.3 is 18.3 Å². The molecule has 224 valence electrons. The van der Waals surface area contributed by atoms with Crippen molar-refractivity contribution in [1.29, 1.82) is 0 Å². The van der Waals surface area contributed by atoms with Gasteiger partial charge in [0, 0.05) is 6.54 Å². The Morgan fingerprint density at radius 3 is 1.90 bits per heavy atom. The second-order valence-electron chi connectivity index (χ2n) is 9.05. The molecule has 13 nitrogen and oxygen atoms in total. The highest BCUT2D eigenvalue weighted by Crippen LogP contribution is 2.05. The Hall–Kier alpha value is -4.36. The van der Waals surface area contributed by atoms with Crippen LogP contribution in [0.1, 0.15) is 37.3 Å². The molecule has 4 amide bonds. The molecule has 1 unspecified atom stereocenters. The first kappa shape index (κ1) is 32.8. The molecule has 41 heavy (non-hydrogen) atoms. The zero-order valence-electron chi connectivity index (χ0n) is 22.9. The average molecular weight is 575 g/mol. The maximum atomic E-state index is 12.9. The van der Waals surface area contributed by atoms with Crippen molar-refractivity contribution in [3.63, 3.8) is 0 Å². The van der Waals surface area contributed by atoms with Crippen molar-refractivity contribution in [2.45, 2.75) is 57.7 Å². The summed E-state index contributed by atoms with van der Waals surface area (Å²) in [5.41, 5.74) is 1.64.